The van der Waals surface area contributed by atoms with E-state index in [1.165, 1.54) is 0 Å². The highest BCUT2D eigenvalue weighted by Gasteiger charge is 2.44. The lowest BCUT2D eigenvalue weighted by molar-refractivity contribution is -0.918. The van der Waals surface area contributed by atoms with E-state index in [-0.39, 0.29) is 4.48 Å². The maximum Gasteiger partial charge on any atom is 0.258 e. The molecule has 3 N–H and O–H groups in total. The molecular weight excluding hydrogens is 402 g/mol. The summed E-state index contributed by atoms with van der Waals surface area (Å²) in [4.78, 5) is 27.6. The van der Waals surface area contributed by atoms with Gasteiger partial charge in [0.1, 0.15) is 6.54 Å². The van der Waals surface area contributed by atoms with Crippen LogP contribution in [0, 0.1) is 0 Å². The van der Waals surface area contributed by atoms with Gasteiger partial charge in [0, 0.05) is 18.0 Å². The van der Waals surface area contributed by atoms with E-state index in [0.29, 0.717) is 24.2 Å². The maximum atomic E-state index is 12.2. The number of rotatable bonds is 3. The number of hydrogen-bond acceptors (Lipinski definition) is 3. The van der Waals surface area contributed by atoms with Crippen molar-refractivity contribution in [2.75, 3.05) is 13.1 Å². The lowest BCUT2D eigenvalue weighted by Gasteiger charge is -2.50. The van der Waals surface area contributed by atoms with Gasteiger partial charge < -0.3 is 20.6 Å². The van der Waals surface area contributed by atoms with Gasteiger partial charge in [0.25, 0.3) is 12.0 Å². The molecule has 0 saturated carbocycles. The molecule has 4 rings (SSSR count). The van der Waals surface area contributed by atoms with E-state index in [9.17, 15) is 14.7 Å². The number of carboxylic acid groups (broad SMARTS) is 1. The van der Waals surface area contributed by atoms with Gasteiger partial charge in [0.2, 0.25) is 0 Å². The molecule has 1 aliphatic heterocycles. The first kappa shape index (κ1) is 21.8. The van der Waals surface area contributed by atoms with E-state index in [1.807, 2.05) is 69.4 Å². The van der Waals surface area contributed by atoms with Crippen molar-refractivity contribution in [3.63, 3.8) is 0 Å². The fourth-order valence-electron chi connectivity index (χ4n) is 4.78. The molecule has 2 heterocycles. The van der Waals surface area contributed by atoms with E-state index in [4.69, 9.17) is 5.73 Å². The summed E-state index contributed by atoms with van der Waals surface area (Å²) in [5, 5.41) is 13.1. The van der Waals surface area contributed by atoms with E-state index >= 15 is 0 Å². The highest BCUT2D eigenvalue weighted by Crippen LogP contribution is 2.35. The molecule has 1 fully saturated rings. The standard InChI is InChI=1S/C26H29N3O3/c1-26(2,3)29(25(31)32)11-7-8-17(16-29)12-20-15-28-23-21(20)13-19(14-22(23)24(27)30)18-9-5-4-6-10-18/h4-6,9-10,12-15H,7-8,11,16H2,1-3H3,(H3-,27,28,30,31,32)/b17-12-. The third kappa shape index (κ3) is 3.71. The number of benzene rings is 2. The molecule has 1 aromatic heterocycles. The van der Waals surface area contributed by atoms with Crippen molar-refractivity contribution in [3.8, 4) is 11.1 Å². The number of aromatic nitrogens is 1. The Morgan fingerprint density at radius 3 is 2.47 bits per heavy atom. The van der Waals surface area contributed by atoms with Crippen LogP contribution in [-0.2, 0) is 0 Å². The average molecular weight is 432 g/mol. The number of aromatic amines is 1. The number of nitrogens with two attached hydrogens (primary N) is 1. The van der Waals surface area contributed by atoms with E-state index in [2.05, 4.69) is 11.1 Å². The third-order valence-electron chi connectivity index (χ3n) is 6.70. The molecule has 1 aliphatic rings. The first-order valence-corrected chi connectivity index (χ1v) is 10.9. The van der Waals surface area contributed by atoms with Gasteiger partial charge >= 0.3 is 0 Å². The molecule has 0 bridgehead atoms. The van der Waals surface area contributed by atoms with Crippen molar-refractivity contribution in [3.05, 3.63) is 65.4 Å². The molecule has 0 aliphatic carbocycles. The number of primary amides is 1. The molecule has 3 aromatic rings. The number of likely N-dealkylation sites (tertiary alicyclic amines) is 1. The van der Waals surface area contributed by atoms with Crippen LogP contribution in [0.3, 0.4) is 0 Å². The van der Waals surface area contributed by atoms with Crippen LogP contribution in [0.4, 0.5) is 4.79 Å². The minimum atomic E-state index is -1.04. The second-order valence-corrected chi connectivity index (χ2v) is 9.61. The number of hydrogen-bond donors (Lipinski definition) is 2. The minimum Gasteiger partial charge on any atom is -0.498 e. The summed E-state index contributed by atoms with van der Waals surface area (Å²) in [5.41, 5.74) is 10.2. The smallest absolute Gasteiger partial charge is 0.258 e. The zero-order valence-electron chi connectivity index (χ0n) is 18.8. The predicted molar refractivity (Wildman–Crippen MR) is 125 cm³/mol. The van der Waals surface area contributed by atoms with Crippen molar-refractivity contribution in [1.29, 1.82) is 0 Å². The Morgan fingerprint density at radius 2 is 1.84 bits per heavy atom. The van der Waals surface area contributed by atoms with Gasteiger partial charge in [-0.05, 0) is 67.7 Å². The first-order valence-electron chi connectivity index (χ1n) is 10.9. The van der Waals surface area contributed by atoms with Crippen molar-refractivity contribution >= 4 is 29.0 Å². The number of carbonyl (C=O) groups is 2. The quantitative estimate of drug-likeness (QED) is 0.612. The summed E-state index contributed by atoms with van der Waals surface area (Å²) in [5.74, 6) is -0.494. The van der Waals surface area contributed by atoms with Crippen LogP contribution >= 0.6 is 0 Å². The van der Waals surface area contributed by atoms with Gasteiger partial charge in [-0.1, -0.05) is 30.3 Å². The van der Waals surface area contributed by atoms with Crippen LogP contribution in [0.1, 0.15) is 49.5 Å². The molecule has 0 radical (unpaired) electrons. The zero-order valence-corrected chi connectivity index (χ0v) is 18.8. The molecule has 6 nitrogen and oxygen atoms in total. The van der Waals surface area contributed by atoms with Crippen molar-refractivity contribution < 1.29 is 19.2 Å². The van der Waals surface area contributed by atoms with E-state index < -0.39 is 17.5 Å². The lowest BCUT2D eigenvalue weighted by atomic mass is 9.92. The Balaban J connectivity index is 1.83. The summed E-state index contributed by atoms with van der Waals surface area (Å²) < 4.78 is -0.0943. The fraction of sp³-hybridized carbons (Fsp3) is 0.308. The Hall–Kier alpha value is -3.38. The monoisotopic (exact) mass is 431 g/mol. The largest absolute Gasteiger partial charge is 0.498 e. The molecule has 1 atom stereocenters. The number of quaternary nitrogens is 1. The van der Waals surface area contributed by atoms with Gasteiger partial charge in [-0.15, -0.1) is 0 Å². The van der Waals surface area contributed by atoms with E-state index in [1.54, 1.807) is 0 Å². The Morgan fingerprint density at radius 1 is 1.12 bits per heavy atom. The molecule has 0 spiro atoms. The van der Waals surface area contributed by atoms with Crippen LogP contribution in [0.2, 0.25) is 0 Å². The van der Waals surface area contributed by atoms with Gasteiger partial charge in [-0.25, -0.2) is 0 Å². The first-order chi connectivity index (χ1) is 15.1. The Bertz CT molecular complexity index is 1220. The summed E-state index contributed by atoms with van der Waals surface area (Å²) >= 11 is 0. The highest BCUT2D eigenvalue weighted by molar-refractivity contribution is 6.08. The summed E-state index contributed by atoms with van der Waals surface area (Å²) in [6.45, 7) is 6.80. The van der Waals surface area contributed by atoms with Crippen LogP contribution in [0.15, 0.2) is 54.2 Å². The Kier molecular flexibility index (Phi) is 5.42. The number of nitrogens with one attached hydrogen (secondary N) is 1. The number of fused-ring (bicyclic) bond motifs is 1. The maximum absolute atomic E-state index is 12.2. The highest BCUT2D eigenvalue weighted by atomic mass is 16.4. The second-order valence-electron chi connectivity index (χ2n) is 9.61. The molecule has 2 aromatic carbocycles. The fourth-order valence-corrected chi connectivity index (χ4v) is 4.78. The van der Waals surface area contributed by atoms with E-state index in [0.717, 1.165) is 40.5 Å². The number of carbonyl (C=O) groups excluding carboxylic acids is 2. The number of piperidine rings is 1. The molecule has 166 valence electrons. The van der Waals surface area contributed by atoms with Crippen LogP contribution in [0.25, 0.3) is 28.1 Å². The predicted octanol–water partition coefficient (Wildman–Crippen LogP) is 4.07. The molecule has 1 saturated heterocycles. The normalized spacial score (nSPS) is 20.5. The van der Waals surface area contributed by atoms with Crippen LogP contribution in [0.5, 0.6) is 0 Å². The van der Waals surface area contributed by atoms with Gasteiger partial charge in [-0.3, -0.25) is 9.28 Å². The van der Waals surface area contributed by atoms with Gasteiger partial charge in [0.05, 0.1) is 23.2 Å². The molecule has 1 unspecified atom stereocenters. The number of amides is 2. The summed E-state index contributed by atoms with van der Waals surface area (Å²) in [6.07, 6.45) is 4.49. The molecule has 6 heteroatoms. The van der Waals surface area contributed by atoms with Crippen LogP contribution in [-0.4, -0.2) is 40.1 Å². The lowest BCUT2D eigenvalue weighted by Crippen LogP contribution is -2.69. The molecular formula is C26H29N3O3. The number of nitrogens with zero attached hydrogens (tertiary/aromatic N) is 1. The topological polar surface area (TPSA) is 99.0 Å². The number of H-pyrrole nitrogens is 1. The van der Waals surface area contributed by atoms with Crippen LogP contribution < -0.4 is 10.8 Å². The third-order valence-corrected chi connectivity index (χ3v) is 6.70. The van der Waals surface area contributed by atoms with Crippen molar-refractivity contribution in [1.82, 2.24) is 4.98 Å². The van der Waals surface area contributed by atoms with Crippen molar-refractivity contribution in [2.24, 2.45) is 5.73 Å². The summed E-state index contributed by atoms with van der Waals surface area (Å²) in [6, 6.07) is 13.7. The molecule has 2 amide bonds. The second kappa shape index (κ2) is 7.95. The van der Waals surface area contributed by atoms with Gasteiger partial charge in [0.15, 0.2) is 0 Å². The summed E-state index contributed by atoms with van der Waals surface area (Å²) in [7, 11) is 0. The average Bonchev–Trinajstić information content (AvgIpc) is 3.15. The minimum absolute atomic E-state index is 0.0943. The Labute approximate surface area is 187 Å². The SMILES string of the molecule is CC(C)(C)[N+]1(C(=O)[O-])CCC/C(=C/c2c[nH]c3c(C(N)=O)cc(-c4ccccc4)cc23)C1. The molecule has 32 heavy (non-hydrogen) atoms. The van der Waals surface area contributed by atoms with Crippen molar-refractivity contribution in [2.45, 2.75) is 39.2 Å². The zero-order chi connectivity index (χ0) is 23.1. The van der Waals surface area contributed by atoms with Gasteiger partial charge in [-0.2, -0.15) is 0 Å².